The Bertz CT molecular complexity index is 5880. The molecule has 3 aliphatic heterocycles. The third-order valence-corrected chi connectivity index (χ3v) is 20.8. The van der Waals surface area contributed by atoms with Crippen LogP contribution in [0.5, 0.6) is 0 Å². The summed E-state index contributed by atoms with van der Waals surface area (Å²) < 4.78 is 126. The molecule has 3 amide bonds. The van der Waals surface area contributed by atoms with Gasteiger partial charge in [0.15, 0.2) is 0 Å². The fourth-order valence-corrected chi connectivity index (χ4v) is 13.7. The van der Waals surface area contributed by atoms with E-state index in [9.17, 15) is 53.9 Å². The second-order valence-electron chi connectivity index (χ2n) is 29.5. The van der Waals surface area contributed by atoms with Crippen LogP contribution < -0.4 is 33.2 Å². The molecule has 0 atom stereocenters. The molecule has 624 valence electrons. The van der Waals surface area contributed by atoms with Gasteiger partial charge >= 0.3 is 18.5 Å². The maximum atomic E-state index is 14.0. The summed E-state index contributed by atoms with van der Waals surface area (Å²) >= 11 is 0. The van der Waals surface area contributed by atoms with E-state index < -0.39 is 52.9 Å². The molecule has 3 fully saturated rings. The van der Waals surface area contributed by atoms with Crippen LogP contribution in [0.4, 0.5) is 74.0 Å². The molecule has 12 aromatic rings. The van der Waals surface area contributed by atoms with Gasteiger partial charge in [0.1, 0.15) is 17.5 Å². The number of nitrogen functional groups attached to an aromatic ring is 3. The first-order valence-corrected chi connectivity index (χ1v) is 38.5. The number of hydrogen-bond donors (Lipinski definition) is 6. The van der Waals surface area contributed by atoms with Crippen LogP contribution in [0.15, 0.2) is 171 Å². The lowest BCUT2D eigenvalue weighted by atomic mass is 10.0. The van der Waals surface area contributed by atoms with E-state index in [0.29, 0.717) is 112 Å². The number of benzene rings is 3. The highest BCUT2D eigenvalue weighted by Crippen LogP contribution is 2.39. The molecule has 0 unspecified atom stereocenters. The van der Waals surface area contributed by atoms with Crippen molar-refractivity contribution in [2.75, 3.05) is 133 Å². The van der Waals surface area contributed by atoms with Gasteiger partial charge in [-0.3, -0.25) is 59.0 Å². The summed E-state index contributed by atoms with van der Waals surface area (Å²) in [6, 6.07) is 23.4. The molecule has 3 saturated heterocycles. The lowest BCUT2D eigenvalue weighted by molar-refractivity contribution is -0.139. The standard InChI is InChI=1S/2C30H28F3N7O.C29H26F3N7O/c1-19-20(3-4-21-15-37-28(34)25-7-8-35-17-26(21)25)13-23(16-36-19)29(41)38-24-6-5-22(27(14-24)30(31,32)33)18-40-11-9-39(2)10-12-40;1-19-20(5-6-21-16-37-28(34)25-4-3-9-35-27(21)25)14-23(17-36-19)29(41)38-24-8-7-22(26(15-24)30(31,32)33)18-40-12-10-39(2)11-13-40;1-38-8-10-39(11-9-38)18-21-4-5-23(13-26(21)29(30,31)32)37-28(40)22-12-19(14-35-15-22)2-3-20-16-36-27(33)24-6-7-34-17-25(20)24/h5-8,13-17H,9-12,18H2,1-2H3,(H2,34,37)(H,38,41);3-4,7-9,14-17H,10-13,18H2,1-2H3,(H2,34,37)(H,38,41);4-7,12-17H,8-11,18H2,1H3,(H2,33,36)(H,37,40). The summed E-state index contributed by atoms with van der Waals surface area (Å²) in [6.45, 7) is 13.1. The fourth-order valence-electron chi connectivity index (χ4n) is 13.7. The smallest absolute Gasteiger partial charge is 0.383 e. The van der Waals surface area contributed by atoms with Gasteiger partial charge in [-0.25, -0.2) is 15.0 Å². The molecule has 15 rings (SSSR count). The number of rotatable bonds is 12. The van der Waals surface area contributed by atoms with Gasteiger partial charge in [0.05, 0.1) is 67.0 Å². The summed E-state index contributed by atoms with van der Waals surface area (Å²) in [7, 11) is 5.97. The molecule has 3 aromatic carbocycles. The number of halogens is 9. The zero-order valence-corrected chi connectivity index (χ0v) is 66.8. The summed E-state index contributed by atoms with van der Waals surface area (Å²) in [6.07, 6.45) is 4.65. The molecule has 0 saturated carbocycles. The van der Waals surface area contributed by atoms with E-state index in [2.05, 4.69) is 111 Å². The molecule has 12 heterocycles. The van der Waals surface area contributed by atoms with Gasteiger partial charge in [-0.15, -0.1) is 0 Å². The predicted octanol–water partition coefficient (Wildman–Crippen LogP) is 12.7. The van der Waals surface area contributed by atoms with Crippen molar-refractivity contribution in [3.05, 3.63) is 266 Å². The second-order valence-corrected chi connectivity index (χ2v) is 29.5. The summed E-state index contributed by atoms with van der Waals surface area (Å²) in [5.74, 6) is 17.3. The summed E-state index contributed by atoms with van der Waals surface area (Å²) in [5, 5.41) is 11.3. The zero-order chi connectivity index (χ0) is 86.6. The Labute approximate surface area is 696 Å². The molecular weight excluding hydrogens is 1580 g/mol. The van der Waals surface area contributed by atoms with Crippen molar-refractivity contribution in [2.45, 2.75) is 52.0 Å². The number of piperazine rings is 3. The third kappa shape index (κ3) is 21.9. The van der Waals surface area contributed by atoms with Crippen molar-refractivity contribution in [3.8, 4) is 35.5 Å². The van der Waals surface area contributed by atoms with E-state index >= 15 is 0 Å². The van der Waals surface area contributed by atoms with E-state index in [1.54, 1.807) is 93.6 Å². The molecule has 122 heavy (non-hydrogen) atoms. The Hall–Kier alpha value is -13.6. The van der Waals surface area contributed by atoms with Gasteiger partial charge in [0.2, 0.25) is 0 Å². The average molecular weight is 1660 g/mol. The highest BCUT2D eigenvalue weighted by atomic mass is 19.4. The van der Waals surface area contributed by atoms with Gasteiger partial charge in [-0.1, -0.05) is 53.7 Å². The van der Waals surface area contributed by atoms with Crippen LogP contribution in [0.3, 0.4) is 0 Å². The minimum Gasteiger partial charge on any atom is -0.383 e. The fraction of sp³-hybridized carbons (Fsp3) is 0.258. The molecule has 33 heteroatoms. The number of anilines is 6. The largest absolute Gasteiger partial charge is 0.416 e. The predicted molar refractivity (Wildman–Crippen MR) is 448 cm³/mol. The van der Waals surface area contributed by atoms with Gasteiger partial charge in [-0.05, 0) is 131 Å². The lowest BCUT2D eigenvalue weighted by Crippen LogP contribution is -2.44. The van der Waals surface area contributed by atoms with Gasteiger partial charge in [0, 0.05) is 233 Å². The normalized spacial score (nSPS) is 14.5. The van der Waals surface area contributed by atoms with E-state index in [0.717, 1.165) is 79.0 Å². The molecule has 0 bridgehead atoms. The number of alkyl halides is 9. The van der Waals surface area contributed by atoms with Crippen LogP contribution in [0.2, 0.25) is 0 Å². The van der Waals surface area contributed by atoms with Gasteiger partial charge in [-0.2, -0.15) is 39.5 Å². The Morgan fingerprint density at radius 2 is 0.721 bits per heavy atom. The Balaban J connectivity index is 0.000000158. The Morgan fingerprint density at radius 3 is 1.12 bits per heavy atom. The molecule has 9 N–H and O–H groups in total. The number of fused-ring (bicyclic) bond motifs is 3. The zero-order valence-electron chi connectivity index (χ0n) is 66.8. The molecular formula is C89H82F9N21O3. The average Bonchev–Trinajstić information content (AvgIpc) is 0.813. The van der Waals surface area contributed by atoms with Gasteiger partial charge < -0.3 is 47.9 Å². The van der Waals surface area contributed by atoms with Crippen LogP contribution in [-0.4, -0.2) is 192 Å². The van der Waals surface area contributed by atoms with E-state index in [4.69, 9.17) is 17.2 Å². The number of amides is 3. The SMILES string of the molecule is CN1CCN(Cc2ccc(NC(=O)c3cncc(C#Cc4cnc(N)c5ccncc45)c3)cc2C(F)(F)F)CC1.Cc1ncc(C(=O)Nc2ccc(CN3CCN(C)CC3)c(C(F)(F)F)c2)cc1C#Cc1cnc(N)c2cccnc12.Cc1ncc(C(=O)Nc2ccc(CN3CCN(C)CC3)c(C(F)(F)F)c2)cc1C#Cc1cnc(N)c2ccncc12. The lowest BCUT2D eigenvalue weighted by Gasteiger charge is -2.33. The maximum absolute atomic E-state index is 14.0. The van der Waals surface area contributed by atoms with Crippen molar-refractivity contribution < 1.29 is 53.9 Å². The van der Waals surface area contributed by atoms with Crippen molar-refractivity contribution in [2.24, 2.45) is 0 Å². The number of pyridine rings is 9. The number of carbonyl (C=O) groups is 3. The van der Waals surface area contributed by atoms with Crippen LogP contribution in [-0.2, 0) is 38.2 Å². The van der Waals surface area contributed by atoms with Crippen LogP contribution in [0.1, 0.15) is 109 Å². The number of nitrogens with zero attached hydrogens (tertiary/aromatic N) is 15. The first-order valence-electron chi connectivity index (χ1n) is 38.5. The second kappa shape index (κ2) is 37.8. The van der Waals surface area contributed by atoms with Gasteiger partial charge in [0.25, 0.3) is 17.7 Å². The third-order valence-electron chi connectivity index (χ3n) is 20.8. The topological polar surface area (TPSA) is 301 Å². The van der Waals surface area contributed by atoms with E-state index in [1.165, 1.54) is 73.4 Å². The van der Waals surface area contributed by atoms with Crippen molar-refractivity contribution in [3.63, 3.8) is 0 Å². The number of carbonyl (C=O) groups excluding carboxylic acids is 3. The van der Waals surface area contributed by atoms with Crippen molar-refractivity contribution in [1.82, 2.24) is 74.3 Å². The number of nitrogens with two attached hydrogens (primary N) is 3. The molecule has 24 nitrogen and oxygen atoms in total. The van der Waals surface area contributed by atoms with E-state index in [1.807, 2.05) is 35.8 Å². The summed E-state index contributed by atoms with van der Waals surface area (Å²) in [5.41, 5.74) is 21.6. The van der Waals surface area contributed by atoms with Crippen LogP contribution in [0.25, 0.3) is 32.4 Å². The van der Waals surface area contributed by atoms with E-state index in [-0.39, 0.29) is 70.1 Å². The van der Waals surface area contributed by atoms with Crippen LogP contribution >= 0.6 is 0 Å². The Kier molecular flexibility index (Phi) is 26.7. The minimum absolute atomic E-state index is 0.0443. The maximum Gasteiger partial charge on any atom is 0.416 e. The first-order chi connectivity index (χ1) is 58.3. The first kappa shape index (κ1) is 86.3. The monoisotopic (exact) mass is 1660 g/mol. The number of nitrogens with one attached hydrogen (secondary N) is 3. The molecule has 0 aliphatic carbocycles. The number of hydrogen-bond acceptors (Lipinski definition) is 21. The number of aryl methyl sites for hydroxylation is 2. The molecule has 3 aliphatic rings. The minimum atomic E-state index is -4.56. The summed E-state index contributed by atoms with van der Waals surface area (Å²) in [4.78, 5) is 89.1. The molecule has 0 spiro atoms. The quantitative estimate of drug-likeness (QED) is 0.0489. The molecule has 0 radical (unpaired) electrons. The number of aromatic nitrogens is 9. The molecule has 9 aromatic heterocycles. The highest BCUT2D eigenvalue weighted by molar-refractivity contribution is 6.06. The van der Waals surface area contributed by atoms with Crippen molar-refractivity contribution >= 4 is 84.7 Å². The van der Waals surface area contributed by atoms with Crippen molar-refractivity contribution in [1.29, 1.82) is 0 Å². The Morgan fingerprint density at radius 1 is 0.361 bits per heavy atom. The number of likely N-dealkylation sites (N-methyl/N-ethyl adjacent to an activating group) is 3. The van der Waals surface area contributed by atoms with Crippen LogP contribution in [0, 0.1) is 49.4 Å². The highest BCUT2D eigenvalue weighted by Gasteiger charge is 2.37.